The Bertz CT molecular complexity index is 538. The molecule has 0 bridgehead atoms. The van der Waals surface area contributed by atoms with Gasteiger partial charge in [-0.15, -0.1) is 0 Å². The fraction of sp³-hybridized carbons (Fsp3) is 0.385. The first kappa shape index (κ1) is 17.5. The van der Waals surface area contributed by atoms with Crippen LogP contribution in [0.25, 0.3) is 0 Å². The average molecular weight is 303 g/mol. The van der Waals surface area contributed by atoms with Gasteiger partial charge in [0, 0.05) is 12.3 Å². The minimum absolute atomic E-state index is 0. The van der Waals surface area contributed by atoms with Crippen molar-refractivity contribution in [3.8, 4) is 0 Å². The van der Waals surface area contributed by atoms with E-state index < -0.39 is 16.5 Å². The van der Waals surface area contributed by atoms with Gasteiger partial charge in [-0.05, 0) is 17.5 Å². The molecule has 5 nitrogen and oxygen atoms in total. The van der Waals surface area contributed by atoms with Crippen LogP contribution in [0, 0.1) is 5.41 Å². The number of amides is 2. The van der Waals surface area contributed by atoms with Crippen LogP contribution >= 0.6 is 0 Å². The van der Waals surface area contributed by atoms with E-state index in [0.717, 1.165) is 4.90 Å². The maximum absolute atomic E-state index is 12.1. The van der Waals surface area contributed by atoms with Gasteiger partial charge in [0.2, 0.25) is 0 Å². The fourth-order valence-corrected chi connectivity index (χ4v) is 2.90. The van der Waals surface area contributed by atoms with Crippen LogP contribution in [0.4, 0.5) is 0 Å². The Hall–Kier alpha value is -0.530. The molecule has 0 radical (unpaired) electrons. The zero-order chi connectivity index (χ0) is 14.2. The van der Waals surface area contributed by atoms with Gasteiger partial charge in [0.1, 0.15) is 0 Å². The third-order valence-corrected chi connectivity index (χ3v) is 3.99. The van der Waals surface area contributed by atoms with Crippen molar-refractivity contribution in [2.75, 3.05) is 12.3 Å². The van der Waals surface area contributed by atoms with Gasteiger partial charge in [0.25, 0.3) is 11.8 Å². The predicted molar refractivity (Wildman–Crippen MR) is 69.4 cm³/mol. The summed E-state index contributed by atoms with van der Waals surface area (Å²) in [6.07, 6.45) is 0. The van der Waals surface area contributed by atoms with E-state index in [9.17, 15) is 18.4 Å². The second-order valence-electron chi connectivity index (χ2n) is 5.35. The number of benzene rings is 1. The molecule has 1 aromatic rings. The van der Waals surface area contributed by atoms with Gasteiger partial charge in [0.15, 0.2) is 0 Å². The summed E-state index contributed by atoms with van der Waals surface area (Å²) >= 11 is -2.21. The third kappa shape index (κ3) is 3.56. The Morgan fingerprint density at radius 3 is 2.00 bits per heavy atom. The Kier molecular flexibility index (Phi) is 5.69. The van der Waals surface area contributed by atoms with Crippen LogP contribution in [-0.2, 0) is 11.1 Å². The number of hydrogen-bond acceptors (Lipinski definition) is 4. The minimum atomic E-state index is -2.21. The second kappa shape index (κ2) is 6.49. The summed E-state index contributed by atoms with van der Waals surface area (Å²) in [6, 6.07) is 6.61. The predicted octanol–water partition coefficient (Wildman–Crippen LogP) is -1.81. The van der Waals surface area contributed by atoms with E-state index in [-0.39, 0.29) is 53.7 Å². The molecular formula is C13H14NNaO4S. The first-order chi connectivity index (χ1) is 8.82. The molecule has 0 spiro atoms. The number of carbonyl (C=O) groups is 2. The molecule has 0 saturated carbocycles. The number of nitrogens with zero attached hydrogens (tertiary/aromatic N) is 1. The summed E-state index contributed by atoms with van der Waals surface area (Å²) in [5.41, 5.74) is 0.0954. The molecule has 20 heavy (non-hydrogen) atoms. The van der Waals surface area contributed by atoms with E-state index in [0.29, 0.717) is 11.1 Å². The summed E-state index contributed by atoms with van der Waals surface area (Å²) in [4.78, 5) is 25.4. The summed E-state index contributed by atoms with van der Waals surface area (Å²) in [5.74, 6) is -0.809. The van der Waals surface area contributed by atoms with E-state index in [1.807, 2.05) is 0 Å². The van der Waals surface area contributed by atoms with Crippen LogP contribution in [0.3, 0.4) is 0 Å². The molecule has 1 atom stereocenters. The standard InChI is InChI=1S/C13H15NO4S.Na/c1-13(2,8-19(17)18)7-14-11(15)9-5-3-4-6-10(9)12(14)16;/h3-6H,7-8H2,1-2H3,(H,17,18);/q;+1/p-1. The van der Waals surface area contributed by atoms with Gasteiger partial charge in [-0.2, -0.15) is 0 Å². The first-order valence-electron chi connectivity index (χ1n) is 5.83. The summed E-state index contributed by atoms with van der Waals surface area (Å²) < 4.78 is 21.6. The van der Waals surface area contributed by atoms with Crippen LogP contribution in [0.1, 0.15) is 34.6 Å². The molecule has 0 N–H and O–H groups in total. The molecule has 1 aliphatic rings. The quantitative estimate of drug-likeness (QED) is 0.373. The Morgan fingerprint density at radius 2 is 1.60 bits per heavy atom. The zero-order valence-electron chi connectivity index (χ0n) is 11.7. The molecule has 0 aromatic heterocycles. The van der Waals surface area contributed by atoms with Crippen molar-refractivity contribution in [1.29, 1.82) is 0 Å². The molecular weight excluding hydrogens is 289 g/mol. The number of imide groups is 1. The van der Waals surface area contributed by atoms with Gasteiger partial charge in [-0.1, -0.05) is 37.1 Å². The molecule has 102 valence electrons. The summed E-state index contributed by atoms with van der Waals surface area (Å²) in [6.45, 7) is 3.52. The number of carbonyl (C=O) groups excluding carboxylic acids is 2. The second-order valence-corrected chi connectivity index (χ2v) is 6.25. The summed E-state index contributed by atoms with van der Waals surface area (Å²) in [7, 11) is 0. The summed E-state index contributed by atoms with van der Waals surface area (Å²) in [5, 5.41) is 0. The van der Waals surface area contributed by atoms with Crippen molar-refractivity contribution in [2.24, 2.45) is 5.41 Å². The SMILES string of the molecule is CC(C)(CN1C(=O)c2ccccc2C1=O)CS(=O)[O-].[Na+]. The molecule has 1 unspecified atom stereocenters. The van der Waals surface area contributed by atoms with Crippen molar-refractivity contribution < 1.29 is 47.9 Å². The van der Waals surface area contributed by atoms with Gasteiger partial charge < -0.3 is 4.55 Å². The zero-order valence-corrected chi connectivity index (χ0v) is 14.5. The van der Waals surface area contributed by atoms with Crippen molar-refractivity contribution in [3.63, 3.8) is 0 Å². The van der Waals surface area contributed by atoms with Gasteiger partial charge in [-0.25, -0.2) is 0 Å². The van der Waals surface area contributed by atoms with E-state index in [2.05, 4.69) is 0 Å². The van der Waals surface area contributed by atoms with Gasteiger partial charge in [-0.3, -0.25) is 18.7 Å². The fourth-order valence-electron chi connectivity index (χ4n) is 2.18. The topological polar surface area (TPSA) is 77.5 Å². The molecule has 2 amide bonds. The minimum Gasteiger partial charge on any atom is -0.772 e. The van der Waals surface area contributed by atoms with Crippen LogP contribution in [0.2, 0.25) is 0 Å². The Morgan fingerprint density at radius 1 is 1.15 bits per heavy atom. The molecule has 1 aromatic carbocycles. The number of hydrogen-bond donors (Lipinski definition) is 0. The molecule has 2 rings (SSSR count). The first-order valence-corrected chi connectivity index (χ1v) is 7.07. The van der Waals surface area contributed by atoms with Crippen molar-refractivity contribution >= 4 is 22.9 Å². The van der Waals surface area contributed by atoms with Crippen molar-refractivity contribution in [1.82, 2.24) is 4.90 Å². The normalized spacial score (nSPS) is 15.8. The van der Waals surface area contributed by atoms with Gasteiger partial charge >= 0.3 is 29.6 Å². The molecule has 1 aliphatic heterocycles. The Balaban J connectivity index is 0.00000200. The monoisotopic (exact) mass is 303 g/mol. The molecule has 7 heteroatoms. The molecule has 0 saturated heterocycles. The molecule has 1 heterocycles. The maximum Gasteiger partial charge on any atom is 1.00 e. The largest absolute Gasteiger partial charge is 1.00 e. The van der Waals surface area contributed by atoms with Crippen LogP contribution in [-0.4, -0.2) is 37.8 Å². The Labute approximate surface area is 142 Å². The van der Waals surface area contributed by atoms with E-state index >= 15 is 0 Å². The van der Waals surface area contributed by atoms with Gasteiger partial charge in [0.05, 0.1) is 11.1 Å². The molecule has 0 fully saturated rings. The van der Waals surface area contributed by atoms with E-state index in [1.54, 1.807) is 38.1 Å². The van der Waals surface area contributed by atoms with Crippen LogP contribution in [0.5, 0.6) is 0 Å². The number of fused-ring (bicyclic) bond motifs is 1. The van der Waals surface area contributed by atoms with E-state index in [1.165, 1.54) is 0 Å². The number of rotatable bonds is 4. The smallest absolute Gasteiger partial charge is 0.772 e. The average Bonchev–Trinajstić information content (AvgIpc) is 2.53. The third-order valence-electron chi connectivity index (χ3n) is 2.97. The maximum atomic E-state index is 12.1. The van der Waals surface area contributed by atoms with Crippen molar-refractivity contribution in [3.05, 3.63) is 35.4 Å². The van der Waals surface area contributed by atoms with E-state index in [4.69, 9.17) is 0 Å². The van der Waals surface area contributed by atoms with Crippen LogP contribution < -0.4 is 29.6 Å². The van der Waals surface area contributed by atoms with Crippen LogP contribution in [0.15, 0.2) is 24.3 Å². The van der Waals surface area contributed by atoms with Crippen molar-refractivity contribution in [2.45, 2.75) is 13.8 Å². The molecule has 0 aliphatic carbocycles.